The minimum atomic E-state index is -0.476. The van der Waals surface area contributed by atoms with Crippen molar-refractivity contribution in [1.82, 2.24) is 0 Å². The number of nitrogens with zero attached hydrogens (tertiary/aromatic N) is 1. The van der Waals surface area contributed by atoms with Gasteiger partial charge in [0, 0.05) is 17.2 Å². The van der Waals surface area contributed by atoms with Crippen LogP contribution in [0.15, 0.2) is 12.1 Å². The molecule has 4 nitrogen and oxygen atoms in total. The lowest BCUT2D eigenvalue weighted by Crippen LogP contribution is -2.29. The number of amides is 1. The maximum atomic E-state index is 13.7. The Morgan fingerprint density at radius 3 is 2.67 bits per heavy atom. The maximum Gasteiger partial charge on any atom is 0.227 e. The topological polar surface area (TPSA) is 78.9 Å². The summed E-state index contributed by atoms with van der Waals surface area (Å²) in [6.07, 6.45) is 3.54. The highest BCUT2D eigenvalue weighted by Gasteiger charge is 2.26. The van der Waals surface area contributed by atoms with E-state index < -0.39 is 5.82 Å². The van der Waals surface area contributed by atoms with E-state index in [1.54, 1.807) is 6.92 Å². The van der Waals surface area contributed by atoms with Gasteiger partial charge in [-0.05, 0) is 57.2 Å². The number of nitriles is 1. The van der Waals surface area contributed by atoms with E-state index in [-0.39, 0.29) is 17.4 Å². The van der Waals surface area contributed by atoms with Crippen molar-refractivity contribution in [2.75, 3.05) is 11.9 Å². The molecule has 0 aromatic heterocycles. The Balaban J connectivity index is 2.07. The summed E-state index contributed by atoms with van der Waals surface area (Å²) in [7, 11) is 0. The van der Waals surface area contributed by atoms with Gasteiger partial charge in [-0.2, -0.15) is 5.26 Å². The summed E-state index contributed by atoms with van der Waals surface area (Å²) in [6.45, 7) is 2.26. The van der Waals surface area contributed by atoms with Crippen LogP contribution in [0.3, 0.4) is 0 Å². The minimum absolute atomic E-state index is 0.0546. The summed E-state index contributed by atoms with van der Waals surface area (Å²) in [4.78, 5) is 12.3. The van der Waals surface area contributed by atoms with E-state index in [0.29, 0.717) is 23.7 Å². The molecule has 0 bridgehead atoms. The summed E-state index contributed by atoms with van der Waals surface area (Å²) < 4.78 is 13.7. The second-order valence-electron chi connectivity index (χ2n) is 5.69. The molecule has 0 aliphatic heterocycles. The molecule has 0 radical (unpaired) electrons. The molecule has 1 aromatic rings. The van der Waals surface area contributed by atoms with Gasteiger partial charge < -0.3 is 11.1 Å². The third-order valence-electron chi connectivity index (χ3n) is 4.28. The lowest BCUT2D eigenvalue weighted by molar-refractivity contribution is -0.121. The van der Waals surface area contributed by atoms with Crippen LogP contribution < -0.4 is 11.1 Å². The number of carbonyl (C=O) groups excluding carboxylic acids is 1. The summed E-state index contributed by atoms with van der Waals surface area (Å²) in [6, 6.07) is 4.59. The van der Waals surface area contributed by atoms with Crippen LogP contribution in [0.1, 0.15) is 36.8 Å². The highest BCUT2D eigenvalue weighted by Crippen LogP contribution is 2.29. The number of hydrogen-bond acceptors (Lipinski definition) is 3. The monoisotopic (exact) mass is 289 g/mol. The Morgan fingerprint density at radius 2 is 2.10 bits per heavy atom. The zero-order chi connectivity index (χ0) is 15.4. The molecule has 0 spiro atoms. The van der Waals surface area contributed by atoms with Crippen LogP contribution in [0.2, 0.25) is 0 Å². The number of anilines is 1. The van der Waals surface area contributed by atoms with Crippen molar-refractivity contribution >= 4 is 11.6 Å². The van der Waals surface area contributed by atoms with Crippen molar-refractivity contribution in [3.05, 3.63) is 29.1 Å². The third kappa shape index (κ3) is 3.59. The first-order valence-corrected chi connectivity index (χ1v) is 7.26. The summed E-state index contributed by atoms with van der Waals surface area (Å²) in [5, 5.41) is 11.6. The van der Waals surface area contributed by atoms with E-state index >= 15 is 0 Å². The van der Waals surface area contributed by atoms with Crippen molar-refractivity contribution in [2.24, 2.45) is 17.6 Å². The fourth-order valence-corrected chi connectivity index (χ4v) is 2.77. The van der Waals surface area contributed by atoms with E-state index in [0.717, 1.165) is 25.7 Å². The van der Waals surface area contributed by atoms with Gasteiger partial charge in [0.15, 0.2) is 0 Å². The van der Waals surface area contributed by atoms with Crippen molar-refractivity contribution in [1.29, 1.82) is 5.26 Å². The number of nitrogens with one attached hydrogen (secondary N) is 1. The largest absolute Gasteiger partial charge is 0.330 e. The molecule has 0 unspecified atom stereocenters. The highest BCUT2D eigenvalue weighted by molar-refractivity contribution is 5.93. The van der Waals surface area contributed by atoms with E-state index in [1.165, 1.54) is 12.1 Å². The molecule has 21 heavy (non-hydrogen) atoms. The van der Waals surface area contributed by atoms with Gasteiger partial charge >= 0.3 is 0 Å². The van der Waals surface area contributed by atoms with Gasteiger partial charge in [0.1, 0.15) is 5.82 Å². The molecule has 1 amide bonds. The molecule has 3 N–H and O–H groups in total. The second-order valence-corrected chi connectivity index (χ2v) is 5.69. The lowest BCUT2D eigenvalue weighted by atomic mass is 9.81. The van der Waals surface area contributed by atoms with Crippen molar-refractivity contribution in [2.45, 2.75) is 32.6 Å². The number of hydrogen-bond donors (Lipinski definition) is 2. The molecule has 2 rings (SSSR count). The van der Waals surface area contributed by atoms with Gasteiger partial charge in [-0.25, -0.2) is 4.39 Å². The zero-order valence-electron chi connectivity index (χ0n) is 12.2. The molecular weight excluding hydrogens is 269 g/mol. The van der Waals surface area contributed by atoms with Crippen LogP contribution in [0.4, 0.5) is 10.1 Å². The fraction of sp³-hybridized carbons (Fsp3) is 0.500. The van der Waals surface area contributed by atoms with E-state index in [4.69, 9.17) is 11.0 Å². The second kappa shape index (κ2) is 6.68. The number of rotatable bonds is 3. The quantitative estimate of drug-likeness (QED) is 0.898. The smallest absolute Gasteiger partial charge is 0.227 e. The predicted octanol–water partition coefficient (Wildman–Crippen LogP) is 2.71. The Hall–Kier alpha value is -1.93. The van der Waals surface area contributed by atoms with E-state index in [1.807, 2.05) is 6.07 Å². The van der Waals surface area contributed by atoms with Crippen LogP contribution in [0.5, 0.6) is 0 Å². The van der Waals surface area contributed by atoms with Crippen molar-refractivity contribution < 1.29 is 9.18 Å². The van der Waals surface area contributed by atoms with Crippen LogP contribution in [-0.2, 0) is 4.79 Å². The van der Waals surface area contributed by atoms with Crippen LogP contribution in [0.25, 0.3) is 0 Å². The van der Waals surface area contributed by atoms with E-state index in [2.05, 4.69) is 5.32 Å². The average Bonchev–Trinajstić information content (AvgIpc) is 2.51. The van der Waals surface area contributed by atoms with Crippen molar-refractivity contribution in [3.63, 3.8) is 0 Å². The molecule has 5 heteroatoms. The number of carbonyl (C=O) groups is 1. The Labute approximate surface area is 124 Å². The molecule has 1 aliphatic carbocycles. The highest BCUT2D eigenvalue weighted by atomic mass is 19.1. The number of halogens is 1. The van der Waals surface area contributed by atoms with Gasteiger partial charge in [-0.1, -0.05) is 0 Å². The third-order valence-corrected chi connectivity index (χ3v) is 4.28. The SMILES string of the molecule is Cc1c(F)cc(C#N)cc1NC(=O)C1CCC(CN)CC1. The summed E-state index contributed by atoms with van der Waals surface area (Å²) in [5.41, 5.74) is 6.60. The molecule has 1 saturated carbocycles. The number of benzene rings is 1. The molecule has 1 aromatic carbocycles. The van der Waals surface area contributed by atoms with Crippen LogP contribution >= 0.6 is 0 Å². The normalized spacial score (nSPS) is 21.6. The molecule has 0 atom stereocenters. The molecule has 1 fully saturated rings. The molecule has 112 valence electrons. The summed E-state index contributed by atoms with van der Waals surface area (Å²) >= 11 is 0. The average molecular weight is 289 g/mol. The molecule has 0 heterocycles. The minimum Gasteiger partial charge on any atom is -0.330 e. The Morgan fingerprint density at radius 1 is 1.43 bits per heavy atom. The van der Waals surface area contributed by atoms with E-state index in [9.17, 15) is 9.18 Å². The van der Waals surface area contributed by atoms with Gasteiger partial charge in [0.2, 0.25) is 5.91 Å². The first kappa shape index (κ1) is 15.5. The van der Waals surface area contributed by atoms with Crippen LogP contribution in [-0.4, -0.2) is 12.5 Å². The molecule has 1 aliphatic rings. The van der Waals surface area contributed by atoms with Gasteiger partial charge in [-0.3, -0.25) is 4.79 Å². The standard InChI is InChI=1S/C16H20FN3O/c1-10-14(17)6-12(9-19)7-15(10)20-16(21)13-4-2-11(8-18)3-5-13/h6-7,11,13H,2-5,8,18H2,1H3,(H,20,21). The van der Waals surface area contributed by atoms with Crippen LogP contribution in [0, 0.1) is 35.9 Å². The van der Waals surface area contributed by atoms with Crippen molar-refractivity contribution in [3.8, 4) is 6.07 Å². The molecule has 0 saturated heterocycles. The zero-order valence-corrected chi connectivity index (χ0v) is 12.2. The number of nitrogens with two attached hydrogens (primary N) is 1. The first-order valence-electron chi connectivity index (χ1n) is 7.26. The maximum absolute atomic E-state index is 13.7. The molecular formula is C16H20FN3O. The summed E-state index contributed by atoms with van der Waals surface area (Å²) in [5.74, 6) is -0.115. The van der Waals surface area contributed by atoms with Gasteiger partial charge in [0.05, 0.1) is 11.6 Å². The Kier molecular flexibility index (Phi) is 4.92. The first-order chi connectivity index (χ1) is 10.0. The lowest BCUT2D eigenvalue weighted by Gasteiger charge is -2.27. The predicted molar refractivity (Wildman–Crippen MR) is 79.0 cm³/mol. The Bertz CT molecular complexity index is 572. The fourth-order valence-electron chi connectivity index (χ4n) is 2.77. The van der Waals surface area contributed by atoms with Gasteiger partial charge in [0.25, 0.3) is 0 Å². The van der Waals surface area contributed by atoms with Gasteiger partial charge in [-0.15, -0.1) is 0 Å².